The van der Waals surface area contributed by atoms with Gasteiger partial charge in [0, 0.05) is 13.5 Å². The quantitative estimate of drug-likeness (QED) is 0.174. The van der Waals surface area contributed by atoms with Gasteiger partial charge >= 0.3 is 0 Å². The van der Waals surface area contributed by atoms with Crippen LogP contribution in [0.15, 0.2) is 0 Å². The summed E-state index contributed by atoms with van der Waals surface area (Å²) in [5.74, 6) is -4.49. The monoisotopic (exact) mass is 362 g/mol. The van der Waals surface area contributed by atoms with E-state index in [-0.39, 0.29) is 25.2 Å². The van der Waals surface area contributed by atoms with Gasteiger partial charge in [0.15, 0.2) is 0 Å². The largest absolute Gasteiger partial charge is 0.382 e. The van der Waals surface area contributed by atoms with Gasteiger partial charge in [0.05, 0.1) is 5.92 Å². The Hall–Kier alpha value is -2.24. The highest BCUT2D eigenvalue weighted by molar-refractivity contribution is 5.92. The van der Waals surface area contributed by atoms with Crippen LogP contribution in [0.3, 0.4) is 0 Å². The fourth-order valence-electron chi connectivity index (χ4n) is 2.19. The molecule has 0 heterocycles. The predicted molar refractivity (Wildman–Crippen MR) is 84.0 cm³/mol. The van der Waals surface area contributed by atoms with E-state index in [0.29, 0.717) is 0 Å². The smallest absolute Gasteiger partial charge is 0.272 e. The molecule has 0 fully saturated rings. The van der Waals surface area contributed by atoms with Gasteiger partial charge in [-0.3, -0.25) is 29.6 Å². The average Bonchev–Trinajstić information content (AvgIpc) is 2.60. The molecule has 11 heteroatoms. The standard InChI is InChI=1S/C14H26N4O7/c1-7(2)6-8(11(20)14(23)18-25)12(21)16-9(13(22)15-3)4-5-10(19)17-24/h7-9,11,20,24-25H,4-6H2,1-3H3,(H,15,22)(H,16,21)(H,17,19)(H,18,23)/t8-,9+,11+/m1/s1. The molecule has 11 nitrogen and oxygen atoms in total. The van der Waals surface area contributed by atoms with E-state index >= 15 is 0 Å². The van der Waals surface area contributed by atoms with Crippen molar-refractivity contribution in [2.75, 3.05) is 7.05 Å². The first-order valence-corrected chi connectivity index (χ1v) is 7.74. The lowest BCUT2D eigenvalue weighted by atomic mass is 9.90. The number of aliphatic hydroxyl groups is 1. The molecule has 7 N–H and O–H groups in total. The van der Waals surface area contributed by atoms with Crippen LogP contribution in [0.4, 0.5) is 0 Å². The van der Waals surface area contributed by atoms with E-state index in [1.54, 1.807) is 13.8 Å². The van der Waals surface area contributed by atoms with Gasteiger partial charge in [0.2, 0.25) is 17.7 Å². The minimum Gasteiger partial charge on any atom is -0.382 e. The fraction of sp³-hybridized carbons (Fsp3) is 0.714. The van der Waals surface area contributed by atoms with E-state index in [1.165, 1.54) is 18.0 Å². The first-order chi connectivity index (χ1) is 11.7. The van der Waals surface area contributed by atoms with Gasteiger partial charge in [-0.25, -0.2) is 11.0 Å². The molecule has 0 spiro atoms. The molecule has 144 valence electrons. The maximum atomic E-state index is 12.4. The number of amides is 4. The lowest BCUT2D eigenvalue weighted by molar-refractivity contribution is -0.147. The number of hydrogen-bond acceptors (Lipinski definition) is 7. The van der Waals surface area contributed by atoms with Crippen molar-refractivity contribution in [1.29, 1.82) is 0 Å². The maximum Gasteiger partial charge on any atom is 0.272 e. The number of rotatable bonds is 10. The third-order valence-corrected chi connectivity index (χ3v) is 3.49. The van der Waals surface area contributed by atoms with Crippen molar-refractivity contribution in [2.24, 2.45) is 11.8 Å². The second-order valence-corrected chi connectivity index (χ2v) is 5.91. The number of likely N-dealkylation sites (N-methyl/N-ethyl adjacent to an activating group) is 1. The molecule has 0 aromatic heterocycles. The third-order valence-electron chi connectivity index (χ3n) is 3.49. The summed E-state index contributed by atoms with van der Waals surface area (Å²) in [5.41, 5.74) is 2.70. The second kappa shape index (κ2) is 11.3. The van der Waals surface area contributed by atoms with Gasteiger partial charge in [-0.15, -0.1) is 0 Å². The molecule has 0 saturated carbocycles. The molecule has 4 amide bonds. The third kappa shape index (κ3) is 7.92. The highest BCUT2D eigenvalue weighted by Crippen LogP contribution is 2.17. The van der Waals surface area contributed by atoms with Gasteiger partial charge in [-0.2, -0.15) is 0 Å². The van der Waals surface area contributed by atoms with Crippen molar-refractivity contribution in [1.82, 2.24) is 21.6 Å². The van der Waals surface area contributed by atoms with Crippen LogP contribution in [0.5, 0.6) is 0 Å². The zero-order chi connectivity index (χ0) is 19.6. The Labute approximate surface area is 145 Å². The van der Waals surface area contributed by atoms with Crippen LogP contribution in [0, 0.1) is 11.8 Å². The molecule has 0 aromatic rings. The lowest BCUT2D eigenvalue weighted by Crippen LogP contribution is -2.52. The Morgan fingerprint density at radius 3 is 2.00 bits per heavy atom. The van der Waals surface area contributed by atoms with Gasteiger partial charge < -0.3 is 15.7 Å². The van der Waals surface area contributed by atoms with Crippen LogP contribution in [-0.2, 0) is 19.2 Å². The van der Waals surface area contributed by atoms with Crippen LogP contribution < -0.4 is 21.6 Å². The van der Waals surface area contributed by atoms with Gasteiger partial charge in [-0.05, 0) is 18.8 Å². The molecule has 0 aliphatic carbocycles. The van der Waals surface area contributed by atoms with Crippen molar-refractivity contribution in [2.45, 2.75) is 45.3 Å². The van der Waals surface area contributed by atoms with Crippen molar-refractivity contribution in [3.63, 3.8) is 0 Å². The summed E-state index contributed by atoms with van der Waals surface area (Å²) in [7, 11) is 1.34. The van der Waals surface area contributed by atoms with Gasteiger partial charge in [-0.1, -0.05) is 13.8 Å². The molecule has 0 rings (SSSR count). The molecule has 0 aromatic carbocycles. The number of hydrogen-bond donors (Lipinski definition) is 7. The highest BCUT2D eigenvalue weighted by Gasteiger charge is 2.34. The van der Waals surface area contributed by atoms with Crippen molar-refractivity contribution < 1.29 is 34.7 Å². The van der Waals surface area contributed by atoms with E-state index < -0.39 is 41.7 Å². The Balaban J connectivity index is 5.18. The van der Waals surface area contributed by atoms with E-state index in [2.05, 4.69) is 10.6 Å². The Morgan fingerprint density at radius 2 is 1.56 bits per heavy atom. The summed E-state index contributed by atoms with van der Waals surface area (Å²) in [5, 5.41) is 31.7. The number of nitrogens with one attached hydrogen (secondary N) is 4. The summed E-state index contributed by atoms with van der Waals surface area (Å²) in [4.78, 5) is 46.8. The molecule has 25 heavy (non-hydrogen) atoms. The molecular formula is C14H26N4O7. The number of carbonyl (C=O) groups excluding carboxylic acids is 4. The van der Waals surface area contributed by atoms with Crippen LogP contribution in [0.1, 0.15) is 33.1 Å². The van der Waals surface area contributed by atoms with E-state index in [4.69, 9.17) is 10.4 Å². The molecule has 0 saturated heterocycles. The first-order valence-electron chi connectivity index (χ1n) is 7.74. The number of hydroxylamine groups is 2. The number of carbonyl (C=O) groups is 4. The Kier molecular flexibility index (Phi) is 10.3. The minimum atomic E-state index is -1.81. The molecule has 0 unspecified atom stereocenters. The molecule has 3 atom stereocenters. The second-order valence-electron chi connectivity index (χ2n) is 5.91. The summed E-state index contributed by atoms with van der Waals surface area (Å²) >= 11 is 0. The fourth-order valence-corrected chi connectivity index (χ4v) is 2.19. The van der Waals surface area contributed by atoms with E-state index in [0.717, 1.165) is 0 Å². The first kappa shape index (κ1) is 22.8. The van der Waals surface area contributed by atoms with Crippen molar-refractivity contribution in [3.05, 3.63) is 0 Å². The Bertz CT molecular complexity index is 484. The van der Waals surface area contributed by atoms with Crippen molar-refractivity contribution >= 4 is 23.6 Å². The summed E-state index contributed by atoms with van der Waals surface area (Å²) in [6.45, 7) is 3.54. The van der Waals surface area contributed by atoms with E-state index in [1.807, 2.05) is 0 Å². The zero-order valence-corrected chi connectivity index (χ0v) is 14.4. The highest BCUT2D eigenvalue weighted by atomic mass is 16.5. The van der Waals surface area contributed by atoms with Crippen LogP contribution >= 0.6 is 0 Å². The van der Waals surface area contributed by atoms with Crippen molar-refractivity contribution in [3.8, 4) is 0 Å². The van der Waals surface area contributed by atoms with E-state index in [9.17, 15) is 24.3 Å². The summed E-state index contributed by atoms with van der Waals surface area (Å²) < 4.78 is 0. The molecule has 0 bridgehead atoms. The predicted octanol–water partition coefficient (Wildman–Crippen LogP) is -1.97. The normalized spacial score (nSPS) is 14.2. The maximum absolute atomic E-state index is 12.4. The molecular weight excluding hydrogens is 336 g/mol. The van der Waals surface area contributed by atoms with Gasteiger partial charge in [0.25, 0.3) is 5.91 Å². The lowest BCUT2D eigenvalue weighted by Gasteiger charge is -2.25. The van der Waals surface area contributed by atoms with Crippen LogP contribution in [0.25, 0.3) is 0 Å². The molecule has 0 radical (unpaired) electrons. The average molecular weight is 362 g/mol. The van der Waals surface area contributed by atoms with Crippen LogP contribution in [0.2, 0.25) is 0 Å². The summed E-state index contributed by atoms with van der Waals surface area (Å²) in [6.07, 6.45) is -2.02. The van der Waals surface area contributed by atoms with Crippen LogP contribution in [-0.4, -0.2) is 58.3 Å². The molecule has 0 aliphatic rings. The van der Waals surface area contributed by atoms with Gasteiger partial charge in [0.1, 0.15) is 12.1 Å². The zero-order valence-electron chi connectivity index (χ0n) is 14.4. The SMILES string of the molecule is CNC(=O)[C@H](CCC(=O)NO)NC(=O)[C@H](CC(C)C)[C@H](O)C(=O)NO. The summed E-state index contributed by atoms with van der Waals surface area (Å²) in [6, 6.07) is -1.10. The number of aliphatic hydroxyl groups excluding tert-OH is 1. The topological polar surface area (TPSA) is 177 Å². The Morgan fingerprint density at radius 1 is 0.960 bits per heavy atom. The molecule has 0 aliphatic heterocycles. The minimum absolute atomic E-state index is 0.0597.